The number of halogens is 2. The summed E-state index contributed by atoms with van der Waals surface area (Å²) in [6, 6.07) is 6.37. The molecule has 0 saturated heterocycles. The van der Waals surface area contributed by atoms with E-state index in [1.165, 1.54) is 18.4 Å². The van der Waals surface area contributed by atoms with Gasteiger partial charge in [0.15, 0.2) is 11.6 Å². The number of alkyl halides is 1. The van der Waals surface area contributed by atoms with E-state index in [1.54, 1.807) is 11.6 Å². The number of hydrogen-bond donors (Lipinski definition) is 1. The van der Waals surface area contributed by atoms with Gasteiger partial charge < -0.3 is 19.4 Å². The van der Waals surface area contributed by atoms with Gasteiger partial charge in [0.1, 0.15) is 29.9 Å². The van der Waals surface area contributed by atoms with Crippen molar-refractivity contribution in [3.8, 4) is 16.9 Å². The van der Waals surface area contributed by atoms with E-state index in [0.29, 0.717) is 28.3 Å². The minimum atomic E-state index is -1.26. The molecule has 1 fully saturated rings. The number of nitrogens with zero attached hydrogens (tertiary/aromatic N) is 3. The van der Waals surface area contributed by atoms with E-state index in [9.17, 15) is 9.18 Å². The van der Waals surface area contributed by atoms with E-state index in [2.05, 4.69) is 34.9 Å². The van der Waals surface area contributed by atoms with Crippen LogP contribution in [0.15, 0.2) is 29.9 Å². The molecule has 1 aliphatic rings. The van der Waals surface area contributed by atoms with Crippen LogP contribution in [0, 0.1) is 11.7 Å². The van der Waals surface area contributed by atoms with Gasteiger partial charge in [-0.3, -0.25) is 4.79 Å². The van der Waals surface area contributed by atoms with Gasteiger partial charge in [-0.05, 0) is 30.7 Å². The van der Waals surface area contributed by atoms with Gasteiger partial charge >= 0.3 is 0 Å². The first-order valence-corrected chi connectivity index (χ1v) is 16.4. The molecule has 11 heteroatoms. The average Bonchev–Trinajstić information content (AvgIpc) is 3.22. The highest BCUT2D eigenvalue weighted by atomic mass is 32.1. The predicted octanol–water partition coefficient (Wildman–Crippen LogP) is 6.07. The standard InChI is InChI=1S/C25H28F2N4O3SSi/c1-33-23-15(10-19-22(21(23)27)28-12-35-19)17-11-31(13-34-7-8-36(2,3)4)24-14(17)5-6-20(29-24)30-25(32)16-9-18(16)26/h5-6,10-12,16,18H,7-9,13H2,1-4H3,(H,29,30,32)/t16-,18+/m1/s1. The van der Waals surface area contributed by atoms with Crippen molar-refractivity contribution < 1.29 is 23.0 Å². The Balaban J connectivity index is 1.56. The van der Waals surface area contributed by atoms with Gasteiger partial charge in [0.2, 0.25) is 5.91 Å². The zero-order valence-electron chi connectivity index (χ0n) is 20.6. The molecule has 0 bridgehead atoms. The number of thiazole rings is 1. The zero-order valence-corrected chi connectivity index (χ0v) is 22.4. The number of fused-ring (bicyclic) bond motifs is 2. The van der Waals surface area contributed by atoms with Crippen molar-refractivity contribution in [1.82, 2.24) is 14.5 Å². The minimum Gasteiger partial charge on any atom is -0.493 e. The van der Waals surface area contributed by atoms with E-state index >= 15 is 4.39 Å². The number of nitrogens with one attached hydrogen (secondary N) is 1. The van der Waals surface area contributed by atoms with Gasteiger partial charge in [-0.25, -0.2) is 18.7 Å². The summed E-state index contributed by atoms with van der Waals surface area (Å²) in [4.78, 5) is 21.0. The third-order valence-corrected chi connectivity index (χ3v) is 8.75. The normalized spacial score (nSPS) is 17.6. The maximum absolute atomic E-state index is 15.2. The summed E-state index contributed by atoms with van der Waals surface area (Å²) < 4.78 is 42.6. The highest BCUT2D eigenvalue weighted by Crippen LogP contribution is 2.42. The molecule has 1 amide bonds. The van der Waals surface area contributed by atoms with Crippen LogP contribution in [0.5, 0.6) is 5.75 Å². The summed E-state index contributed by atoms with van der Waals surface area (Å²) in [5.74, 6) is -1.07. The largest absolute Gasteiger partial charge is 0.493 e. The fourth-order valence-corrected chi connectivity index (χ4v) is 5.55. The van der Waals surface area contributed by atoms with Crippen molar-refractivity contribution in [1.29, 1.82) is 0 Å². The summed E-state index contributed by atoms with van der Waals surface area (Å²) >= 11 is 1.35. The average molecular weight is 531 g/mol. The van der Waals surface area contributed by atoms with Gasteiger partial charge in [-0.1, -0.05) is 19.6 Å². The highest BCUT2D eigenvalue weighted by Gasteiger charge is 2.43. The van der Waals surface area contributed by atoms with E-state index in [4.69, 9.17) is 9.47 Å². The molecule has 5 rings (SSSR count). The summed E-state index contributed by atoms with van der Waals surface area (Å²) in [5.41, 5.74) is 3.74. The van der Waals surface area contributed by atoms with Gasteiger partial charge in [0.05, 0.1) is 23.2 Å². The van der Waals surface area contributed by atoms with Crippen LogP contribution >= 0.6 is 11.3 Å². The highest BCUT2D eigenvalue weighted by molar-refractivity contribution is 7.16. The Labute approximate surface area is 212 Å². The molecule has 1 N–H and O–H groups in total. The zero-order chi connectivity index (χ0) is 25.6. The van der Waals surface area contributed by atoms with E-state index in [-0.39, 0.29) is 30.3 Å². The second-order valence-corrected chi connectivity index (χ2v) is 16.8. The summed E-state index contributed by atoms with van der Waals surface area (Å²) in [7, 11) is 0.168. The van der Waals surface area contributed by atoms with E-state index in [1.807, 2.05) is 22.9 Å². The van der Waals surface area contributed by atoms with E-state index < -0.39 is 26.0 Å². The lowest BCUT2D eigenvalue weighted by atomic mass is 10.0. The van der Waals surface area contributed by atoms with Gasteiger partial charge in [0, 0.05) is 37.4 Å². The van der Waals surface area contributed by atoms with Gasteiger partial charge in [-0.2, -0.15) is 0 Å². The monoisotopic (exact) mass is 530 g/mol. The van der Waals surface area contributed by atoms with Crippen molar-refractivity contribution in [2.45, 2.75) is 45.0 Å². The van der Waals surface area contributed by atoms with Crippen LogP contribution in [0.2, 0.25) is 25.7 Å². The molecule has 7 nitrogen and oxygen atoms in total. The smallest absolute Gasteiger partial charge is 0.231 e. The van der Waals surface area contributed by atoms with Crippen molar-refractivity contribution in [2.75, 3.05) is 19.0 Å². The lowest BCUT2D eigenvalue weighted by Gasteiger charge is -2.15. The molecule has 1 saturated carbocycles. The molecule has 3 aromatic heterocycles. The first-order chi connectivity index (χ1) is 17.2. The Morgan fingerprint density at radius 2 is 2.08 bits per heavy atom. The number of benzene rings is 1. The lowest BCUT2D eigenvalue weighted by molar-refractivity contribution is -0.117. The third-order valence-electron chi connectivity index (χ3n) is 6.27. The van der Waals surface area contributed by atoms with Crippen molar-refractivity contribution in [3.63, 3.8) is 0 Å². The summed E-state index contributed by atoms with van der Waals surface area (Å²) in [6.07, 6.45) is 1.01. The number of hydrogen-bond acceptors (Lipinski definition) is 6. The molecule has 0 spiro atoms. The maximum Gasteiger partial charge on any atom is 0.231 e. The Hall–Kier alpha value is -2.89. The molecule has 0 unspecified atom stereocenters. The first-order valence-electron chi connectivity index (χ1n) is 11.8. The topological polar surface area (TPSA) is 78.3 Å². The number of carbonyl (C=O) groups is 1. The molecule has 0 radical (unpaired) electrons. The van der Waals surface area contributed by atoms with Crippen LogP contribution in [0.3, 0.4) is 0 Å². The second kappa shape index (κ2) is 9.53. The van der Waals surface area contributed by atoms with E-state index in [0.717, 1.165) is 17.0 Å². The van der Waals surface area contributed by atoms with Crippen LogP contribution in [0.4, 0.5) is 14.6 Å². The minimum absolute atomic E-state index is 0.104. The fourth-order valence-electron chi connectivity index (χ4n) is 4.09. The number of pyridine rings is 1. The molecule has 4 aromatic rings. The molecule has 2 atom stereocenters. The number of rotatable bonds is 9. The number of carbonyl (C=O) groups excluding carboxylic acids is 1. The van der Waals surface area contributed by atoms with Gasteiger partial charge in [0.25, 0.3) is 0 Å². The summed E-state index contributed by atoms with van der Waals surface area (Å²) in [6.45, 7) is 7.72. The molecule has 3 heterocycles. The fraction of sp³-hybridized carbons (Fsp3) is 0.400. The first kappa shape index (κ1) is 24.8. The number of ether oxygens (including phenoxy) is 2. The van der Waals surface area contributed by atoms with Crippen LogP contribution in [-0.4, -0.2) is 48.4 Å². The van der Waals surface area contributed by atoms with Crippen molar-refractivity contribution in [3.05, 3.63) is 35.7 Å². The third kappa shape index (κ3) is 4.87. The van der Waals surface area contributed by atoms with Gasteiger partial charge in [-0.15, -0.1) is 11.3 Å². The molecular weight excluding hydrogens is 502 g/mol. The molecule has 36 heavy (non-hydrogen) atoms. The molecule has 0 aliphatic heterocycles. The second-order valence-electron chi connectivity index (χ2n) is 10.2. The Morgan fingerprint density at radius 3 is 2.78 bits per heavy atom. The molecule has 1 aromatic carbocycles. The predicted molar refractivity (Wildman–Crippen MR) is 141 cm³/mol. The molecule has 190 valence electrons. The van der Waals surface area contributed by atoms with Crippen LogP contribution in [-0.2, 0) is 16.3 Å². The van der Waals surface area contributed by atoms with Crippen LogP contribution in [0.25, 0.3) is 32.4 Å². The quantitative estimate of drug-likeness (QED) is 0.210. The lowest BCUT2D eigenvalue weighted by Crippen LogP contribution is -2.22. The Bertz CT molecular complexity index is 1450. The number of amides is 1. The number of methoxy groups -OCH3 is 1. The Morgan fingerprint density at radius 1 is 1.31 bits per heavy atom. The van der Waals surface area contributed by atoms with Crippen molar-refractivity contribution in [2.24, 2.45) is 5.92 Å². The maximum atomic E-state index is 15.2. The molecular formula is C25H28F2N4O3SSi. The van der Waals surface area contributed by atoms with Crippen molar-refractivity contribution >= 4 is 52.4 Å². The molecule has 1 aliphatic carbocycles. The SMILES string of the molecule is COc1c(-c2cn(COCC[Si](C)(C)C)c3nc(NC(=O)[C@@H]4C[C@@H]4F)ccc23)cc2scnc2c1F. The number of aromatic nitrogens is 3. The number of anilines is 1. The Kier molecular flexibility index (Phi) is 6.56. The van der Waals surface area contributed by atoms with Crippen LogP contribution < -0.4 is 10.1 Å². The van der Waals surface area contributed by atoms with Crippen LogP contribution in [0.1, 0.15) is 6.42 Å². The summed E-state index contributed by atoms with van der Waals surface area (Å²) in [5, 5.41) is 3.46.